The normalized spacial score (nSPS) is 9.56. The molecule has 46 valence electrons. The molecule has 0 aromatic rings. The van der Waals surface area contributed by atoms with E-state index in [1.165, 1.54) is 37.6 Å². The van der Waals surface area contributed by atoms with E-state index in [1.54, 1.807) is 4.40 Å². The topological polar surface area (TPSA) is 29.4 Å². The van der Waals surface area contributed by atoms with Crippen LogP contribution in [-0.2, 0) is 24.1 Å². The number of isocyanates is 1. The second-order valence-corrected chi connectivity index (χ2v) is 1.95. The Bertz CT molecular complexity index is 189. The molecule has 0 fully saturated rings. The van der Waals surface area contributed by atoms with E-state index in [9.17, 15) is 4.79 Å². The molecule has 0 saturated carbocycles. The van der Waals surface area contributed by atoms with Crippen molar-refractivity contribution in [1.82, 2.24) is 0 Å². The van der Waals surface area contributed by atoms with Gasteiger partial charge in [0.2, 0.25) is 0 Å². The first-order chi connectivity index (χ1) is 4.35. The van der Waals surface area contributed by atoms with E-state index in [1.807, 2.05) is 0 Å². The maximum atomic E-state index is 9.65. The molecule has 0 spiro atoms. The second-order valence-electron chi connectivity index (χ2n) is 1.10. The van der Waals surface area contributed by atoms with Gasteiger partial charge in [-0.3, -0.25) is 0 Å². The number of nitrogens with zero attached hydrogens (tertiary/aromatic N) is 1. The summed E-state index contributed by atoms with van der Waals surface area (Å²) in [5.74, 6) is 0. The van der Waals surface area contributed by atoms with E-state index in [0.717, 1.165) is 0 Å². The van der Waals surface area contributed by atoms with Crippen LogP contribution in [0.1, 0.15) is 0 Å². The third kappa shape index (κ3) is 3.96. The van der Waals surface area contributed by atoms with Gasteiger partial charge in [-0.25, -0.2) is 0 Å². The predicted molar refractivity (Wildman–Crippen MR) is 31.1 cm³/mol. The van der Waals surface area contributed by atoms with E-state index in [2.05, 4.69) is 4.99 Å². The molecule has 0 saturated heterocycles. The number of hydrogen-bond acceptors (Lipinski definition) is 2. The first kappa shape index (κ1) is 8.42. The van der Waals surface area contributed by atoms with Crippen molar-refractivity contribution in [3.05, 3.63) is 24.4 Å². The van der Waals surface area contributed by atoms with Crippen LogP contribution in [-0.4, -0.2) is 10.5 Å². The molecule has 0 rings (SSSR count). The quantitative estimate of drug-likeness (QED) is 0.323. The van der Waals surface area contributed by atoms with Gasteiger partial charge < -0.3 is 0 Å². The Kier molecular flexibility index (Phi) is 5.19. The molecule has 2 nitrogen and oxygen atoms in total. The van der Waals surface area contributed by atoms with Gasteiger partial charge in [-0.15, -0.1) is 0 Å². The van der Waals surface area contributed by atoms with Crippen molar-refractivity contribution in [1.29, 1.82) is 0 Å². The van der Waals surface area contributed by atoms with Crippen LogP contribution >= 0.6 is 0 Å². The zero-order valence-electron chi connectivity index (χ0n) is 4.57. The average molecular weight is 290 g/mol. The Morgan fingerprint density at radius 1 is 1.78 bits per heavy atom. The SMILES string of the molecule is [CH-]=C/C=C(\[CH]=[W])N=C=O. The molecule has 3 heteroatoms. The van der Waals surface area contributed by atoms with Crippen LogP contribution in [0.4, 0.5) is 0 Å². The van der Waals surface area contributed by atoms with Crippen LogP contribution in [0, 0.1) is 6.58 Å². The first-order valence-electron chi connectivity index (χ1n) is 2.13. The van der Waals surface area contributed by atoms with Crippen LogP contribution in [0.5, 0.6) is 0 Å². The van der Waals surface area contributed by atoms with Gasteiger partial charge in [0.05, 0.1) is 0 Å². The fraction of sp³-hybridized carbons (Fsp3) is 0. The molecule has 0 aliphatic carbocycles. The Balaban J connectivity index is 4.31. The van der Waals surface area contributed by atoms with Crippen molar-refractivity contribution < 1.29 is 24.1 Å². The van der Waals surface area contributed by atoms with Gasteiger partial charge in [0.15, 0.2) is 0 Å². The van der Waals surface area contributed by atoms with Gasteiger partial charge in [0.25, 0.3) is 0 Å². The number of rotatable bonds is 3. The Morgan fingerprint density at radius 2 is 2.44 bits per heavy atom. The third-order valence-electron chi connectivity index (χ3n) is 0.562. The third-order valence-corrected chi connectivity index (χ3v) is 1.43. The second kappa shape index (κ2) is 5.55. The monoisotopic (exact) mass is 290 g/mol. The molecule has 9 heavy (non-hydrogen) atoms. The van der Waals surface area contributed by atoms with Gasteiger partial charge in [-0.2, -0.15) is 0 Å². The van der Waals surface area contributed by atoms with Crippen LogP contribution < -0.4 is 0 Å². The number of allylic oxidation sites excluding steroid dienone is 3. The summed E-state index contributed by atoms with van der Waals surface area (Å²) in [4.78, 5) is 13.0. The molecular formula is C6H4NOW-. The number of carbonyl (C=O) groups excluding carboxylic acids is 1. The van der Waals surface area contributed by atoms with Gasteiger partial charge in [-0.1, -0.05) is 0 Å². The first-order valence-corrected chi connectivity index (χ1v) is 3.82. The molecule has 0 unspecified atom stereocenters. The molecule has 0 aliphatic rings. The van der Waals surface area contributed by atoms with E-state index in [-0.39, 0.29) is 0 Å². The minimum absolute atomic E-state index is 0.558. The van der Waals surface area contributed by atoms with E-state index in [4.69, 9.17) is 6.58 Å². The fourth-order valence-corrected chi connectivity index (χ4v) is 0.726. The van der Waals surface area contributed by atoms with Crippen molar-refractivity contribution in [3.8, 4) is 0 Å². The van der Waals surface area contributed by atoms with E-state index in [0.29, 0.717) is 5.70 Å². The van der Waals surface area contributed by atoms with Crippen molar-refractivity contribution >= 4 is 10.5 Å². The van der Waals surface area contributed by atoms with E-state index >= 15 is 0 Å². The molecule has 0 radical (unpaired) electrons. The van der Waals surface area contributed by atoms with Crippen LogP contribution in [0.25, 0.3) is 0 Å². The standard InChI is InChI=1S/C6H4NO.W/c1-3-4-6(2)7-5-8;/h1-4H;/q-1;/b6-4+;. The van der Waals surface area contributed by atoms with Gasteiger partial charge in [-0.05, 0) is 0 Å². The molecule has 0 aliphatic heterocycles. The van der Waals surface area contributed by atoms with Crippen molar-refractivity contribution in [2.45, 2.75) is 0 Å². The summed E-state index contributed by atoms with van der Waals surface area (Å²) in [6.07, 6.45) is 4.29. The summed E-state index contributed by atoms with van der Waals surface area (Å²) in [6.45, 7) is 5.03. The number of aliphatic imine (C=N–C) groups is 1. The zero-order chi connectivity index (χ0) is 7.11. The summed E-state index contributed by atoms with van der Waals surface area (Å²) >= 11 is 1.22. The number of hydrogen-bond donors (Lipinski definition) is 0. The Hall–Kier alpha value is -0.582. The van der Waals surface area contributed by atoms with Gasteiger partial charge in [0, 0.05) is 0 Å². The van der Waals surface area contributed by atoms with Gasteiger partial charge >= 0.3 is 64.0 Å². The Labute approximate surface area is 64.4 Å². The van der Waals surface area contributed by atoms with Crippen LogP contribution in [0.3, 0.4) is 0 Å². The van der Waals surface area contributed by atoms with Crippen molar-refractivity contribution in [3.63, 3.8) is 0 Å². The molecule has 0 aromatic heterocycles. The molecule has 0 amide bonds. The van der Waals surface area contributed by atoms with Crippen molar-refractivity contribution in [2.75, 3.05) is 0 Å². The molecule has 0 aromatic carbocycles. The van der Waals surface area contributed by atoms with Crippen LogP contribution in [0.15, 0.2) is 22.8 Å². The average Bonchev–Trinajstić information content (AvgIpc) is 1.88. The minimum atomic E-state index is 0.558. The van der Waals surface area contributed by atoms with E-state index < -0.39 is 0 Å². The predicted octanol–water partition coefficient (Wildman–Crippen LogP) is 0.544. The maximum absolute atomic E-state index is 9.65. The summed E-state index contributed by atoms with van der Waals surface area (Å²) in [5, 5.41) is 0. The molecule has 0 atom stereocenters. The van der Waals surface area contributed by atoms with Crippen molar-refractivity contribution in [2.24, 2.45) is 4.99 Å². The molecule has 0 heterocycles. The van der Waals surface area contributed by atoms with Crippen LogP contribution in [0.2, 0.25) is 0 Å². The molecule has 0 bridgehead atoms. The summed E-state index contributed by atoms with van der Waals surface area (Å²) < 4.78 is 1.74. The zero-order valence-corrected chi connectivity index (χ0v) is 7.51. The Morgan fingerprint density at radius 3 is 2.78 bits per heavy atom. The summed E-state index contributed by atoms with van der Waals surface area (Å²) in [5.41, 5.74) is 0.558. The summed E-state index contributed by atoms with van der Waals surface area (Å²) in [7, 11) is 0. The molecular weight excluding hydrogens is 286 g/mol. The fourth-order valence-electron chi connectivity index (χ4n) is 0.254. The molecule has 0 N–H and O–H groups in total. The van der Waals surface area contributed by atoms with Gasteiger partial charge in [0.1, 0.15) is 0 Å². The summed E-state index contributed by atoms with van der Waals surface area (Å²) in [6, 6.07) is 0.